The molecule has 0 aliphatic carbocycles. The van der Waals surface area contributed by atoms with Crippen molar-refractivity contribution < 1.29 is 14.9 Å². The number of ether oxygens (including phenoxy) is 1. The first kappa shape index (κ1) is 19.9. The Kier molecular flexibility index (Phi) is 6.40. The Morgan fingerprint density at radius 2 is 1.92 bits per heavy atom. The van der Waals surface area contributed by atoms with Gasteiger partial charge in [0.1, 0.15) is 23.8 Å². The second-order valence-electron chi connectivity index (χ2n) is 6.15. The van der Waals surface area contributed by atoms with Crippen molar-refractivity contribution >= 4 is 22.9 Å². The molecule has 7 N–H and O–H groups in total. The molecule has 0 saturated carbocycles. The van der Waals surface area contributed by atoms with Gasteiger partial charge in [0.05, 0.1) is 18.8 Å². The van der Waals surface area contributed by atoms with Crippen molar-refractivity contribution in [1.29, 1.82) is 5.41 Å². The summed E-state index contributed by atoms with van der Waals surface area (Å²) in [5.41, 5.74) is 12.8. The fourth-order valence-electron chi connectivity index (χ4n) is 2.25. The number of aliphatic hydroxyl groups is 2. The van der Waals surface area contributed by atoms with E-state index >= 15 is 0 Å². The second kappa shape index (κ2) is 8.34. The number of hydrogen-bond donors (Lipinski definition) is 5. The van der Waals surface area contributed by atoms with Crippen LogP contribution < -0.4 is 16.2 Å². The van der Waals surface area contributed by atoms with Crippen LogP contribution in [0.1, 0.15) is 0 Å². The van der Waals surface area contributed by atoms with Crippen molar-refractivity contribution in [3.63, 3.8) is 0 Å². The molecule has 1 aromatic rings. The predicted molar refractivity (Wildman–Crippen MR) is 99.9 cm³/mol. The third-order valence-electron chi connectivity index (χ3n) is 3.41. The Morgan fingerprint density at radius 1 is 1.27 bits per heavy atom. The predicted octanol–water partition coefficient (Wildman–Crippen LogP) is -1.10. The van der Waals surface area contributed by atoms with Crippen molar-refractivity contribution in [1.82, 2.24) is 9.91 Å². The molecule has 2 rings (SSSR count). The molecule has 0 aromatic heterocycles. The van der Waals surface area contributed by atoms with Gasteiger partial charge >= 0.3 is 0 Å². The van der Waals surface area contributed by atoms with Gasteiger partial charge in [-0.05, 0) is 38.4 Å². The number of hydrogen-bond acceptors (Lipinski definition) is 9. The van der Waals surface area contributed by atoms with Crippen LogP contribution in [0.2, 0.25) is 0 Å². The fraction of sp³-hybridized carbons (Fsp3) is 0.438. The Morgan fingerprint density at radius 3 is 2.46 bits per heavy atom. The minimum atomic E-state index is -1.66. The molecule has 0 bridgehead atoms. The molecule has 1 aliphatic rings. The van der Waals surface area contributed by atoms with Crippen molar-refractivity contribution in [2.75, 3.05) is 40.4 Å². The van der Waals surface area contributed by atoms with Crippen LogP contribution in [0.4, 0.5) is 5.69 Å². The van der Waals surface area contributed by atoms with Gasteiger partial charge in [0.15, 0.2) is 5.84 Å². The molecule has 1 aromatic carbocycles. The number of nitrogens with two attached hydrogens (primary N) is 2. The third-order valence-corrected chi connectivity index (χ3v) is 3.41. The van der Waals surface area contributed by atoms with E-state index in [0.717, 1.165) is 0 Å². The van der Waals surface area contributed by atoms with Gasteiger partial charge in [0.25, 0.3) is 0 Å². The molecule has 26 heavy (non-hydrogen) atoms. The lowest BCUT2D eigenvalue weighted by Crippen LogP contribution is -2.57. The molecule has 10 heteroatoms. The lowest BCUT2D eigenvalue weighted by atomic mass is 10.2. The van der Waals surface area contributed by atoms with Gasteiger partial charge in [-0.1, -0.05) is 0 Å². The highest BCUT2D eigenvalue weighted by atomic mass is 16.5. The van der Waals surface area contributed by atoms with Crippen molar-refractivity contribution in [3.8, 4) is 5.75 Å². The molecule has 1 heterocycles. The lowest BCUT2D eigenvalue weighted by Gasteiger charge is -2.23. The summed E-state index contributed by atoms with van der Waals surface area (Å²) >= 11 is 0. The van der Waals surface area contributed by atoms with E-state index in [1.54, 1.807) is 24.3 Å². The summed E-state index contributed by atoms with van der Waals surface area (Å²) in [5, 5.41) is 32.2. The van der Waals surface area contributed by atoms with Crippen molar-refractivity contribution in [2.24, 2.45) is 21.6 Å². The maximum Gasteiger partial charge on any atom is 0.236 e. The highest BCUT2D eigenvalue weighted by Crippen LogP contribution is 2.21. The molecule has 142 valence electrons. The number of nitrogens with one attached hydrogen (secondary N) is 1. The first-order valence-electron chi connectivity index (χ1n) is 8.02. The SMILES string of the molecule is CN(C)CC1=NN(CCO)C(=N)C1=Nc1ccc(OC(N)(N)CO)cc1. The number of β-amino-alcohol motifs (C(OH)–C–C–N with tert-alkyl or cyclic N) is 1. The smallest absolute Gasteiger partial charge is 0.236 e. The van der Waals surface area contributed by atoms with E-state index in [2.05, 4.69) is 10.1 Å². The number of aliphatic hydroxyl groups excluding tert-OH is 2. The molecule has 0 saturated heterocycles. The van der Waals surface area contributed by atoms with Gasteiger partial charge in [-0.25, -0.2) is 10.0 Å². The van der Waals surface area contributed by atoms with E-state index in [0.29, 0.717) is 29.4 Å². The summed E-state index contributed by atoms with van der Waals surface area (Å²) in [6.45, 7) is 0.117. The Bertz CT molecular complexity index is 698. The number of aliphatic imine (C=N–C) groups is 1. The van der Waals surface area contributed by atoms with Crippen LogP contribution in [-0.2, 0) is 0 Å². The van der Waals surface area contributed by atoms with Crippen molar-refractivity contribution in [3.05, 3.63) is 24.3 Å². The molecule has 0 unspecified atom stereocenters. The minimum Gasteiger partial charge on any atom is -0.458 e. The van der Waals surface area contributed by atoms with E-state index in [1.165, 1.54) is 5.01 Å². The number of benzene rings is 1. The average Bonchev–Trinajstić information content (AvgIpc) is 2.85. The van der Waals surface area contributed by atoms with Crippen LogP contribution in [-0.4, -0.2) is 83.6 Å². The Hall–Kier alpha value is -2.37. The number of hydrazone groups is 1. The molecule has 0 spiro atoms. The molecule has 0 atom stereocenters. The standard InChI is InChI=1S/C16H25N7O3/c1-22(2)9-13-14(15(17)23(21-13)7-8-24)20-11-3-5-12(6-4-11)26-16(18,19)10-25/h3-6,17,24-25H,7-10,18-19H2,1-2H3. The number of amidine groups is 1. The zero-order valence-electron chi connectivity index (χ0n) is 14.9. The Balaban J connectivity index is 2.23. The quantitative estimate of drug-likeness (QED) is 0.367. The number of nitrogens with zero attached hydrogens (tertiary/aromatic N) is 4. The molecule has 10 nitrogen and oxygen atoms in total. The first-order valence-corrected chi connectivity index (χ1v) is 8.02. The van der Waals surface area contributed by atoms with Crippen LogP contribution in [0.5, 0.6) is 5.75 Å². The molecule has 0 amide bonds. The Labute approximate surface area is 151 Å². The van der Waals surface area contributed by atoms with E-state index < -0.39 is 12.5 Å². The van der Waals surface area contributed by atoms with Gasteiger partial charge in [-0.2, -0.15) is 5.10 Å². The zero-order valence-corrected chi connectivity index (χ0v) is 14.9. The molecular formula is C16H25N7O3. The summed E-state index contributed by atoms with van der Waals surface area (Å²) in [5.74, 6) is -1.13. The summed E-state index contributed by atoms with van der Waals surface area (Å²) < 4.78 is 5.27. The van der Waals surface area contributed by atoms with Crippen LogP contribution in [0.15, 0.2) is 34.4 Å². The van der Waals surface area contributed by atoms with E-state index in [-0.39, 0.29) is 19.0 Å². The number of rotatable bonds is 8. The summed E-state index contributed by atoms with van der Waals surface area (Å²) in [4.78, 5) is 6.44. The van der Waals surface area contributed by atoms with E-state index in [4.69, 9.17) is 31.8 Å². The molecular weight excluding hydrogens is 338 g/mol. The highest BCUT2D eigenvalue weighted by molar-refractivity contribution is 6.70. The second-order valence-corrected chi connectivity index (χ2v) is 6.15. The average molecular weight is 363 g/mol. The van der Waals surface area contributed by atoms with Gasteiger partial charge < -0.3 is 19.8 Å². The van der Waals surface area contributed by atoms with Gasteiger partial charge in [-0.3, -0.25) is 16.9 Å². The summed E-state index contributed by atoms with van der Waals surface area (Å²) in [6.07, 6.45) is 0. The zero-order chi connectivity index (χ0) is 19.3. The maximum atomic E-state index is 9.12. The largest absolute Gasteiger partial charge is 0.458 e. The van der Waals surface area contributed by atoms with Crippen LogP contribution >= 0.6 is 0 Å². The van der Waals surface area contributed by atoms with Crippen LogP contribution in [0.25, 0.3) is 0 Å². The molecule has 1 aliphatic heterocycles. The maximum absolute atomic E-state index is 9.12. The lowest BCUT2D eigenvalue weighted by molar-refractivity contribution is 0.0198. The first-order chi connectivity index (χ1) is 12.3. The van der Waals surface area contributed by atoms with Crippen LogP contribution in [0, 0.1) is 5.41 Å². The molecule has 0 fully saturated rings. The van der Waals surface area contributed by atoms with Crippen LogP contribution in [0.3, 0.4) is 0 Å². The highest BCUT2D eigenvalue weighted by Gasteiger charge is 2.28. The van der Waals surface area contributed by atoms with Gasteiger partial charge in [0.2, 0.25) is 5.85 Å². The summed E-state index contributed by atoms with van der Waals surface area (Å²) in [6, 6.07) is 6.61. The van der Waals surface area contributed by atoms with E-state index in [1.807, 2.05) is 19.0 Å². The third kappa shape index (κ3) is 5.07. The fourth-order valence-corrected chi connectivity index (χ4v) is 2.25. The van der Waals surface area contributed by atoms with Gasteiger partial charge in [-0.15, -0.1) is 0 Å². The topological polar surface area (TPSA) is 157 Å². The summed E-state index contributed by atoms with van der Waals surface area (Å²) in [7, 11) is 3.80. The molecule has 0 radical (unpaired) electrons. The van der Waals surface area contributed by atoms with Crippen molar-refractivity contribution in [2.45, 2.75) is 5.85 Å². The van der Waals surface area contributed by atoms with E-state index in [9.17, 15) is 0 Å². The van der Waals surface area contributed by atoms with Gasteiger partial charge in [0, 0.05) is 6.54 Å². The monoisotopic (exact) mass is 363 g/mol. The minimum absolute atomic E-state index is 0.106. The normalized spacial score (nSPS) is 16.6.